The van der Waals surface area contributed by atoms with Gasteiger partial charge in [0.15, 0.2) is 17.5 Å². The van der Waals surface area contributed by atoms with E-state index in [1.807, 2.05) is 36.4 Å². The molecule has 0 spiro atoms. The van der Waals surface area contributed by atoms with Crippen molar-refractivity contribution in [1.82, 2.24) is 19.5 Å². The van der Waals surface area contributed by atoms with Crippen LogP contribution >= 0.6 is 0 Å². The monoisotopic (exact) mass is 690 g/mol. The molecule has 3 heterocycles. The van der Waals surface area contributed by atoms with Crippen molar-refractivity contribution < 1.29 is 4.42 Å². The summed E-state index contributed by atoms with van der Waals surface area (Å²) in [4.78, 5) is 15.2. The van der Waals surface area contributed by atoms with Crippen LogP contribution in [0.15, 0.2) is 186 Å². The molecule has 0 amide bonds. The Morgan fingerprint density at radius 2 is 0.981 bits per heavy atom. The third-order valence-electron chi connectivity index (χ3n) is 10.5. The molecule has 8 aromatic carbocycles. The molecule has 0 aliphatic rings. The highest BCUT2D eigenvalue weighted by molar-refractivity contribution is 6.12. The van der Waals surface area contributed by atoms with Crippen LogP contribution in [0.5, 0.6) is 0 Å². The van der Waals surface area contributed by atoms with Crippen LogP contribution in [0.3, 0.4) is 0 Å². The number of nitrogens with zero attached hydrogens (tertiary/aromatic N) is 4. The van der Waals surface area contributed by atoms with Crippen LogP contribution in [0.2, 0.25) is 0 Å². The Morgan fingerprint density at radius 1 is 0.370 bits per heavy atom. The first-order chi connectivity index (χ1) is 26.8. The van der Waals surface area contributed by atoms with Gasteiger partial charge in [0.1, 0.15) is 11.2 Å². The molecule has 0 saturated heterocycles. The first kappa shape index (κ1) is 30.3. The molecular formula is C49H30N4O. The predicted octanol–water partition coefficient (Wildman–Crippen LogP) is 12.7. The van der Waals surface area contributed by atoms with Gasteiger partial charge >= 0.3 is 0 Å². The third kappa shape index (κ3) is 4.83. The Morgan fingerprint density at radius 3 is 1.85 bits per heavy atom. The number of hydrogen-bond donors (Lipinski definition) is 0. The maximum atomic E-state index is 6.78. The fourth-order valence-electron chi connectivity index (χ4n) is 7.92. The summed E-state index contributed by atoms with van der Waals surface area (Å²) in [5.41, 5.74) is 10.00. The highest BCUT2D eigenvalue weighted by Crippen LogP contribution is 2.40. The molecular weight excluding hydrogens is 661 g/mol. The van der Waals surface area contributed by atoms with Gasteiger partial charge in [-0.3, -0.25) is 0 Å². The molecule has 252 valence electrons. The van der Waals surface area contributed by atoms with Crippen molar-refractivity contribution in [2.24, 2.45) is 0 Å². The zero-order chi connectivity index (χ0) is 35.6. The number of benzene rings is 8. The highest BCUT2D eigenvalue weighted by Gasteiger charge is 2.19. The topological polar surface area (TPSA) is 56.7 Å². The molecule has 0 saturated carbocycles. The zero-order valence-electron chi connectivity index (χ0n) is 29.0. The van der Waals surface area contributed by atoms with Gasteiger partial charge in [0.25, 0.3) is 0 Å². The summed E-state index contributed by atoms with van der Waals surface area (Å²) >= 11 is 0. The molecule has 54 heavy (non-hydrogen) atoms. The van der Waals surface area contributed by atoms with Gasteiger partial charge in [-0.15, -0.1) is 0 Å². The summed E-state index contributed by atoms with van der Waals surface area (Å²) in [5, 5.41) is 6.73. The van der Waals surface area contributed by atoms with Gasteiger partial charge in [0.05, 0.1) is 16.6 Å². The van der Waals surface area contributed by atoms with Crippen LogP contribution in [0.4, 0.5) is 0 Å². The smallest absolute Gasteiger partial charge is 0.167 e. The van der Waals surface area contributed by atoms with Gasteiger partial charge in [-0.05, 0) is 70.4 Å². The third-order valence-corrected chi connectivity index (χ3v) is 10.5. The van der Waals surface area contributed by atoms with Crippen molar-refractivity contribution in [3.05, 3.63) is 182 Å². The van der Waals surface area contributed by atoms with Crippen LogP contribution in [0, 0.1) is 0 Å². The van der Waals surface area contributed by atoms with E-state index in [9.17, 15) is 0 Å². The van der Waals surface area contributed by atoms with Crippen molar-refractivity contribution in [3.8, 4) is 51.0 Å². The molecule has 0 aliphatic heterocycles. The van der Waals surface area contributed by atoms with Crippen molar-refractivity contribution in [1.29, 1.82) is 0 Å². The number of furan rings is 1. The molecule has 0 atom stereocenters. The summed E-state index contributed by atoms with van der Waals surface area (Å²) in [6.45, 7) is 0. The Hall–Kier alpha value is -7.37. The molecule has 0 aliphatic carbocycles. The first-order valence-electron chi connectivity index (χ1n) is 18.1. The summed E-state index contributed by atoms with van der Waals surface area (Å²) in [7, 11) is 0. The molecule has 0 N–H and O–H groups in total. The minimum atomic E-state index is 0.567. The van der Waals surface area contributed by atoms with Gasteiger partial charge in [0.2, 0.25) is 0 Å². The molecule has 0 unspecified atom stereocenters. The van der Waals surface area contributed by atoms with E-state index in [1.165, 1.54) is 21.8 Å². The van der Waals surface area contributed by atoms with Crippen molar-refractivity contribution in [3.63, 3.8) is 0 Å². The first-order valence-corrected chi connectivity index (χ1v) is 18.1. The Labute approximate surface area is 310 Å². The van der Waals surface area contributed by atoms with Gasteiger partial charge in [-0.2, -0.15) is 0 Å². The largest absolute Gasteiger partial charge is 0.455 e. The molecule has 11 rings (SSSR count). The zero-order valence-corrected chi connectivity index (χ0v) is 29.0. The number of hydrogen-bond acceptors (Lipinski definition) is 4. The van der Waals surface area contributed by atoms with E-state index >= 15 is 0 Å². The lowest BCUT2D eigenvalue weighted by Crippen LogP contribution is -2.00. The summed E-state index contributed by atoms with van der Waals surface area (Å²) < 4.78 is 9.12. The molecule has 5 nitrogen and oxygen atoms in total. The second-order valence-electron chi connectivity index (χ2n) is 13.6. The number of fused-ring (bicyclic) bond motifs is 7. The SMILES string of the molecule is c1ccc(-c2nc(-c3cccc4ccccc34)nc(-c3cccc4c3oc3cc(-c5ccc6c(c5)c5ccccc5n6-c5ccccc5)ccc34)n2)cc1. The highest BCUT2D eigenvalue weighted by atomic mass is 16.3. The number of para-hydroxylation sites is 3. The summed E-state index contributed by atoms with van der Waals surface area (Å²) in [6, 6.07) is 63.3. The Kier molecular flexibility index (Phi) is 6.79. The summed E-state index contributed by atoms with van der Waals surface area (Å²) in [5.74, 6) is 1.80. The molecule has 0 radical (unpaired) electrons. The second-order valence-corrected chi connectivity index (χ2v) is 13.6. The minimum absolute atomic E-state index is 0.567. The Balaban J connectivity index is 1.07. The van der Waals surface area contributed by atoms with E-state index in [1.54, 1.807) is 0 Å². The second kappa shape index (κ2) is 12.1. The maximum absolute atomic E-state index is 6.78. The maximum Gasteiger partial charge on any atom is 0.167 e. The van der Waals surface area contributed by atoms with Crippen LogP contribution in [-0.2, 0) is 0 Å². The molecule has 5 heteroatoms. The van der Waals surface area contributed by atoms with Crippen molar-refractivity contribution in [2.45, 2.75) is 0 Å². The van der Waals surface area contributed by atoms with Crippen molar-refractivity contribution >= 4 is 54.5 Å². The molecule has 3 aromatic heterocycles. The number of aromatic nitrogens is 4. The Bertz CT molecular complexity index is 3210. The van der Waals surface area contributed by atoms with Crippen LogP contribution in [-0.4, -0.2) is 19.5 Å². The average Bonchev–Trinajstić information content (AvgIpc) is 3.79. The fraction of sp³-hybridized carbons (Fsp3) is 0. The van der Waals surface area contributed by atoms with Crippen LogP contribution in [0.1, 0.15) is 0 Å². The standard InChI is InChI=1S/C49H30N4O/c1-3-14-32(15-4-1)47-50-48(40-22-11-16-31-13-7-8-19-36(31)40)52-49(51-47)41-23-12-21-39-38-27-25-34(30-45(38)54-46(39)41)33-26-28-44-42(29-33)37-20-9-10-24-43(37)53(44)35-17-5-2-6-18-35/h1-30H. The van der Waals surface area contributed by atoms with Gasteiger partial charge < -0.3 is 8.98 Å². The van der Waals surface area contributed by atoms with Gasteiger partial charge in [0, 0.05) is 38.4 Å². The normalized spacial score (nSPS) is 11.7. The van der Waals surface area contributed by atoms with Gasteiger partial charge in [-0.1, -0.05) is 133 Å². The number of rotatable bonds is 5. The van der Waals surface area contributed by atoms with Gasteiger partial charge in [-0.25, -0.2) is 15.0 Å². The van der Waals surface area contributed by atoms with E-state index in [-0.39, 0.29) is 0 Å². The quantitative estimate of drug-likeness (QED) is 0.180. The lowest BCUT2D eigenvalue weighted by atomic mass is 10.0. The minimum Gasteiger partial charge on any atom is -0.455 e. The molecule has 0 bridgehead atoms. The molecule has 0 fully saturated rings. The lowest BCUT2D eigenvalue weighted by Gasteiger charge is -2.10. The van der Waals surface area contributed by atoms with Crippen molar-refractivity contribution in [2.75, 3.05) is 0 Å². The summed E-state index contributed by atoms with van der Waals surface area (Å²) in [6.07, 6.45) is 0. The molecule has 11 aromatic rings. The van der Waals surface area contributed by atoms with E-state index in [2.05, 4.69) is 150 Å². The lowest BCUT2D eigenvalue weighted by molar-refractivity contribution is 0.669. The van der Waals surface area contributed by atoms with E-state index in [0.717, 1.165) is 66.2 Å². The fourth-order valence-corrected chi connectivity index (χ4v) is 7.92. The van der Waals surface area contributed by atoms with Crippen LogP contribution in [0.25, 0.3) is 105 Å². The predicted molar refractivity (Wildman–Crippen MR) is 221 cm³/mol. The van der Waals surface area contributed by atoms with E-state index in [0.29, 0.717) is 17.5 Å². The van der Waals surface area contributed by atoms with Crippen LogP contribution < -0.4 is 0 Å². The van der Waals surface area contributed by atoms with E-state index in [4.69, 9.17) is 19.4 Å². The van der Waals surface area contributed by atoms with E-state index < -0.39 is 0 Å². The average molecular weight is 691 g/mol.